The molecule has 1 aromatic rings. The lowest BCUT2D eigenvalue weighted by Crippen LogP contribution is -2.30. The van der Waals surface area contributed by atoms with Crippen LogP contribution in [0, 0.1) is 5.82 Å². The number of benzene rings is 1. The first-order valence-electron chi connectivity index (χ1n) is 4.90. The van der Waals surface area contributed by atoms with E-state index in [0.717, 1.165) is 0 Å². The summed E-state index contributed by atoms with van der Waals surface area (Å²) in [6.07, 6.45) is 0.472. The Morgan fingerprint density at radius 1 is 1.59 bits per heavy atom. The molecule has 0 saturated heterocycles. The molecule has 0 atom stereocenters. The Kier molecular flexibility index (Phi) is 5.02. The summed E-state index contributed by atoms with van der Waals surface area (Å²) in [7, 11) is 1.65. The van der Waals surface area contributed by atoms with E-state index >= 15 is 0 Å². The molecule has 17 heavy (non-hydrogen) atoms. The SMILES string of the molecule is CN(CCC(N)=S)C(=O)c1ccc(F)c(Br)c1. The molecule has 92 valence electrons. The first kappa shape index (κ1) is 14.1. The summed E-state index contributed by atoms with van der Waals surface area (Å²) in [5.74, 6) is -0.589. The van der Waals surface area contributed by atoms with Gasteiger partial charge in [-0.1, -0.05) is 12.2 Å². The van der Waals surface area contributed by atoms with E-state index in [1.165, 1.54) is 23.1 Å². The highest BCUT2D eigenvalue weighted by Gasteiger charge is 2.13. The topological polar surface area (TPSA) is 46.3 Å². The Balaban J connectivity index is 2.74. The van der Waals surface area contributed by atoms with Crippen molar-refractivity contribution in [3.05, 3.63) is 34.1 Å². The molecule has 1 rings (SSSR count). The zero-order valence-electron chi connectivity index (χ0n) is 9.24. The lowest BCUT2D eigenvalue weighted by atomic mass is 10.2. The van der Waals surface area contributed by atoms with Gasteiger partial charge in [-0.2, -0.15) is 0 Å². The summed E-state index contributed by atoms with van der Waals surface area (Å²) in [5, 5.41) is 0. The van der Waals surface area contributed by atoms with Crippen molar-refractivity contribution < 1.29 is 9.18 Å². The van der Waals surface area contributed by atoms with Crippen LogP contribution in [0.15, 0.2) is 22.7 Å². The van der Waals surface area contributed by atoms with Gasteiger partial charge in [0.2, 0.25) is 0 Å². The van der Waals surface area contributed by atoms with Gasteiger partial charge in [0, 0.05) is 25.6 Å². The first-order chi connectivity index (χ1) is 7.91. The number of hydrogen-bond acceptors (Lipinski definition) is 2. The van der Waals surface area contributed by atoms with E-state index in [9.17, 15) is 9.18 Å². The number of halogens is 2. The van der Waals surface area contributed by atoms with Crippen molar-refractivity contribution in [3.63, 3.8) is 0 Å². The molecule has 0 aliphatic carbocycles. The zero-order chi connectivity index (χ0) is 13.0. The smallest absolute Gasteiger partial charge is 0.253 e. The predicted molar refractivity (Wildman–Crippen MR) is 72.5 cm³/mol. The summed E-state index contributed by atoms with van der Waals surface area (Å²) in [4.78, 5) is 13.8. The maximum Gasteiger partial charge on any atom is 0.253 e. The zero-order valence-corrected chi connectivity index (χ0v) is 11.6. The maximum absolute atomic E-state index is 13.0. The lowest BCUT2D eigenvalue weighted by molar-refractivity contribution is 0.0799. The minimum Gasteiger partial charge on any atom is -0.393 e. The van der Waals surface area contributed by atoms with E-state index in [1.807, 2.05) is 0 Å². The Morgan fingerprint density at radius 3 is 2.76 bits per heavy atom. The van der Waals surface area contributed by atoms with Gasteiger partial charge in [0.1, 0.15) is 5.82 Å². The Morgan fingerprint density at radius 2 is 2.24 bits per heavy atom. The van der Waals surface area contributed by atoms with E-state index in [2.05, 4.69) is 15.9 Å². The molecule has 6 heteroatoms. The molecule has 1 amide bonds. The van der Waals surface area contributed by atoms with E-state index < -0.39 is 5.82 Å². The quantitative estimate of drug-likeness (QED) is 0.867. The minimum atomic E-state index is -0.396. The molecule has 0 spiro atoms. The fraction of sp³-hybridized carbons (Fsp3) is 0.273. The molecule has 3 nitrogen and oxygen atoms in total. The van der Waals surface area contributed by atoms with E-state index in [-0.39, 0.29) is 10.4 Å². The molecule has 1 aromatic carbocycles. The monoisotopic (exact) mass is 318 g/mol. The summed E-state index contributed by atoms with van der Waals surface area (Å²) in [5.41, 5.74) is 5.78. The molecule has 0 unspecified atom stereocenters. The number of nitrogens with zero attached hydrogens (tertiary/aromatic N) is 1. The molecule has 0 aromatic heterocycles. The molecule has 0 bridgehead atoms. The van der Waals surface area contributed by atoms with Crippen molar-refractivity contribution in [1.82, 2.24) is 4.90 Å². The highest BCUT2D eigenvalue weighted by atomic mass is 79.9. The predicted octanol–water partition coefficient (Wildman–Crippen LogP) is 2.34. The Bertz CT molecular complexity index is 453. The molecular weight excluding hydrogens is 307 g/mol. The summed E-state index contributed by atoms with van der Waals surface area (Å²) in [6.45, 7) is 0.448. The standard InChI is InChI=1S/C11H12BrFN2OS/c1-15(5-4-10(14)17)11(16)7-2-3-9(13)8(12)6-7/h2-3,6H,4-5H2,1H3,(H2,14,17). The number of carbonyl (C=O) groups excluding carboxylic acids is 1. The third kappa shape index (κ3) is 4.05. The van der Waals surface area contributed by atoms with Gasteiger partial charge in [0.05, 0.1) is 9.46 Å². The van der Waals surface area contributed by atoms with E-state index in [0.29, 0.717) is 23.5 Å². The number of hydrogen-bond donors (Lipinski definition) is 1. The Labute approximate surface area is 113 Å². The van der Waals surface area contributed by atoms with Gasteiger partial charge < -0.3 is 10.6 Å². The molecule has 0 radical (unpaired) electrons. The third-order valence-electron chi connectivity index (χ3n) is 2.21. The van der Waals surface area contributed by atoms with Gasteiger partial charge in [-0.25, -0.2) is 4.39 Å². The van der Waals surface area contributed by atoms with Crippen LogP contribution in [0.1, 0.15) is 16.8 Å². The highest BCUT2D eigenvalue weighted by Crippen LogP contribution is 2.17. The summed E-state index contributed by atoms with van der Waals surface area (Å²) in [6, 6.07) is 4.15. The van der Waals surface area contributed by atoms with Crippen LogP contribution in [-0.4, -0.2) is 29.4 Å². The number of nitrogens with two attached hydrogens (primary N) is 1. The maximum atomic E-state index is 13.0. The van der Waals surface area contributed by atoms with Crippen molar-refractivity contribution in [1.29, 1.82) is 0 Å². The molecule has 2 N–H and O–H groups in total. The van der Waals surface area contributed by atoms with Crippen LogP contribution in [0.2, 0.25) is 0 Å². The van der Waals surface area contributed by atoms with Gasteiger partial charge in [-0.05, 0) is 34.1 Å². The number of carbonyl (C=O) groups is 1. The molecule has 0 aliphatic heterocycles. The van der Waals surface area contributed by atoms with Crippen LogP contribution in [-0.2, 0) is 0 Å². The summed E-state index contributed by atoms with van der Waals surface area (Å²) < 4.78 is 13.3. The van der Waals surface area contributed by atoms with Crippen LogP contribution in [0.25, 0.3) is 0 Å². The fourth-order valence-electron chi connectivity index (χ4n) is 1.23. The molecule has 0 saturated carbocycles. The minimum absolute atomic E-state index is 0.193. The van der Waals surface area contributed by atoms with Crippen LogP contribution in [0.4, 0.5) is 4.39 Å². The van der Waals surface area contributed by atoms with Crippen LogP contribution in [0.3, 0.4) is 0 Å². The third-order valence-corrected chi connectivity index (χ3v) is 3.02. The van der Waals surface area contributed by atoms with Gasteiger partial charge in [0.25, 0.3) is 5.91 Å². The van der Waals surface area contributed by atoms with Gasteiger partial charge in [-0.15, -0.1) is 0 Å². The van der Waals surface area contributed by atoms with Gasteiger partial charge in [0.15, 0.2) is 0 Å². The lowest BCUT2D eigenvalue weighted by Gasteiger charge is -2.16. The fourth-order valence-corrected chi connectivity index (χ4v) is 1.70. The van der Waals surface area contributed by atoms with Gasteiger partial charge in [-0.3, -0.25) is 4.79 Å². The second-order valence-electron chi connectivity index (χ2n) is 3.57. The van der Waals surface area contributed by atoms with Crippen LogP contribution in [0.5, 0.6) is 0 Å². The van der Waals surface area contributed by atoms with Crippen molar-refractivity contribution in [2.24, 2.45) is 5.73 Å². The average molecular weight is 319 g/mol. The largest absolute Gasteiger partial charge is 0.393 e. The summed E-state index contributed by atoms with van der Waals surface area (Å²) >= 11 is 7.78. The second-order valence-corrected chi connectivity index (χ2v) is 4.95. The molecule has 0 aliphatic rings. The number of rotatable bonds is 4. The van der Waals surface area contributed by atoms with E-state index in [1.54, 1.807) is 7.05 Å². The number of thiocarbonyl (C=S) groups is 1. The molecule has 0 fully saturated rings. The van der Waals surface area contributed by atoms with Crippen LogP contribution < -0.4 is 5.73 Å². The van der Waals surface area contributed by atoms with Crippen molar-refractivity contribution >= 4 is 39.0 Å². The Hall–Kier alpha value is -1.01. The van der Waals surface area contributed by atoms with Crippen LogP contribution >= 0.6 is 28.1 Å². The second kappa shape index (κ2) is 6.07. The molecular formula is C11H12BrFN2OS. The highest BCUT2D eigenvalue weighted by molar-refractivity contribution is 9.10. The number of amides is 1. The van der Waals surface area contributed by atoms with Crippen molar-refractivity contribution in [2.75, 3.05) is 13.6 Å². The normalized spacial score (nSPS) is 10.1. The van der Waals surface area contributed by atoms with Gasteiger partial charge >= 0.3 is 0 Å². The first-order valence-corrected chi connectivity index (χ1v) is 6.10. The molecule has 0 heterocycles. The van der Waals surface area contributed by atoms with E-state index in [4.69, 9.17) is 18.0 Å². The van der Waals surface area contributed by atoms with Crippen molar-refractivity contribution in [2.45, 2.75) is 6.42 Å². The van der Waals surface area contributed by atoms with Crippen molar-refractivity contribution in [3.8, 4) is 0 Å². The average Bonchev–Trinajstić information content (AvgIpc) is 2.28.